The van der Waals surface area contributed by atoms with E-state index in [0.29, 0.717) is 0 Å². The van der Waals surface area contributed by atoms with E-state index >= 15 is 0 Å². The molecule has 134 valence electrons. The van der Waals surface area contributed by atoms with Gasteiger partial charge in [0.05, 0.1) is 5.69 Å². The predicted octanol–water partition coefficient (Wildman–Crippen LogP) is 3.52. The molecule has 0 amide bonds. The number of nitrogens with zero attached hydrogens (tertiary/aromatic N) is 2. The maximum absolute atomic E-state index is 8.36. The van der Waals surface area contributed by atoms with Crippen molar-refractivity contribution in [1.82, 2.24) is 5.32 Å². The summed E-state index contributed by atoms with van der Waals surface area (Å²) >= 11 is 1.88. The van der Waals surface area contributed by atoms with E-state index in [-0.39, 0.29) is 0 Å². The Morgan fingerprint density at radius 3 is 2.40 bits per heavy atom. The lowest BCUT2D eigenvalue weighted by molar-refractivity contribution is -0.742. The number of nitrogens with one attached hydrogen (secondary N) is 1. The zero-order valence-electron chi connectivity index (χ0n) is 14.4. The van der Waals surface area contributed by atoms with Crippen LogP contribution in [0.2, 0.25) is 0 Å². The third kappa shape index (κ3) is 5.95. The summed E-state index contributed by atoms with van der Waals surface area (Å²) in [6.07, 6.45) is 0. The Bertz CT molecular complexity index is 714. The highest BCUT2D eigenvalue weighted by Gasteiger charge is 2.14. The van der Waals surface area contributed by atoms with E-state index in [1.165, 1.54) is 26.6 Å². The van der Waals surface area contributed by atoms with E-state index in [0.717, 1.165) is 26.2 Å². The summed E-state index contributed by atoms with van der Waals surface area (Å²) in [4.78, 5) is 13.6. The number of piperazine rings is 1. The van der Waals surface area contributed by atoms with Crippen molar-refractivity contribution in [2.45, 2.75) is 23.6 Å². The normalized spacial score (nSPS) is 13.8. The lowest BCUT2D eigenvalue weighted by Crippen LogP contribution is -2.43. The smallest absolute Gasteiger partial charge is 0.291 e. The predicted molar refractivity (Wildman–Crippen MR) is 100 cm³/mol. The SMILES string of the molecule is Cc1ccc(Sc2ccccc2N2CCNCC2)c(C)c1.O=[N+]([O-])O. The molecule has 7 heteroatoms. The molecule has 0 aliphatic carbocycles. The van der Waals surface area contributed by atoms with Crippen LogP contribution < -0.4 is 10.2 Å². The second-order valence-electron chi connectivity index (χ2n) is 5.81. The van der Waals surface area contributed by atoms with Gasteiger partial charge in [0.1, 0.15) is 0 Å². The summed E-state index contributed by atoms with van der Waals surface area (Å²) in [6, 6.07) is 15.5. The molecule has 2 N–H and O–H groups in total. The molecule has 0 radical (unpaired) electrons. The van der Waals surface area contributed by atoms with Crippen LogP contribution in [0.3, 0.4) is 0 Å². The number of hydrogen-bond donors (Lipinski definition) is 2. The van der Waals surface area contributed by atoms with Crippen molar-refractivity contribution in [1.29, 1.82) is 0 Å². The average Bonchev–Trinajstić information content (AvgIpc) is 2.58. The fourth-order valence-electron chi connectivity index (χ4n) is 2.74. The molecule has 3 rings (SSSR count). The zero-order chi connectivity index (χ0) is 18.2. The Morgan fingerprint density at radius 2 is 1.76 bits per heavy atom. The van der Waals surface area contributed by atoms with Crippen molar-refractivity contribution in [3.63, 3.8) is 0 Å². The molecule has 6 nitrogen and oxygen atoms in total. The van der Waals surface area contributed by atoms with Crippen LogP contribution in [0, 0.1) is 24.0 Å². The molecule has 1 fully saturated rings. The molecule has 0 unspecified atom stereocenters. The molecule has 1 saturated heterocycles. The summed E-state index contributed by atoms with van der Waals surface area (Å²) in [5.74, 6) is 0. The largest absolute Gasteiger partial charge is 0.368 e. The lowest BCUT2D eigenvalue weighted by atomic mass is 10.2. The molecule has 0 spiro atoms. The van der Waals surface area contributed by atoms with Gasteiger partial charge in [-0.05, 0) is 37.6 Å². The van der Waals surface area contributed by atoms with Crippen molar-refractivity contribution in [2.24, 2.45) is 0 Å². The molecule has 1 heterocycles. The Labute approximate surface area is 152 Å². The maximum atomic E-state index is 8.36. The molecule has 2 aromatic carbocycles. The minimum absolute atomic E-state index is 1.07. The summed E-state index contributed by atoms with van der Waals surface area (Å²) in [7, 11) is 0. The summed E-state index contributed by atoms with van der Waals surface area (Å²) in [5, 5.41) is 17.1. The monoisotopic (exact) mass is 361 g/mol. The summed E-state index contributed by atoms with van der Waals surface area (Å²) in [6.45, 7) is 8.67. The fraction of sp³-hybridized carbons (Fsp3) is 0.333. The first-order chi connectivity index (χ1) is 12.0. The van der Waals surface area contributed by atoms with Gasteiger partial charge < -0.3 is 15.4 Å². The van der Waals surface area contributed by atoms with Gasteiger partial charge in [-0.15, -0.1) is 10.1 Å². The van der Waals surface area contributed by atoms with Crippen LogP contribution in [-0.4, -0.2) is 36.5 Å². The number of hydrogen-bond acceptors (Lipinski definition) is 5. The standard InChI is InChI=1S/C18H22N2S.HNO3/c1-14-7-8-17(15(2)13-14)21-18-6-4-3-5-16(18)20-11-9-19-10-12-20;2-1(3)4/h3-8,13,19H,9-12H2,1-2H3;(H,2,3,4). The molecule has 0 aromatic heterocycles. The number of aryl methyl sites for hydroxylation is 2. The molecule has 0 bridgehead atoms. The molecule has 1 aliphatic heterocycles. The van der Waals surface area contributed by atoms with Crippen LogP contribution in [0.1, 0.15) is 11.1 Å². The molecule has 1 aliphatic rings. The van der Waals surface area contributed by atoms with E-state index in [2.05, 4.69) is 66.5 Å². The Morgan fingerprint density at radius 1 is 1.12 bits per heavy atom. The van der Waals surface area contributed by atoms with Crippen molar-refractivity contribution in [2.75, 3.05) is 31.1 Å². The first-order valence-corrected chi connectivity index (χ1v) is 8.92. The van der Waals surface area contributed by atoms with Crippen molar-refractivity contribution >= 4 is 17.4 Å². The minimum Gasteiger partial charge on any atom is -0.368 e. The van der Waals surface area contributed by atoms with Gasteiger partial charge in [0.2, 0.25) is 0 Å². The third-order valence-corrected chi connectivity index (χ3v) is 5.12. The molecular formula is C18H23N3O3S. The zero-order valence-corrected chi connectivity index (χ0v) is 15.3. The topological polar surface area (TPSA) is 78.6 Å². The Kier molecular flexibility index (Phi) is 7.09. The number of benzene rings is 2. The Balaban J connectivity index is 0.000000511. The van der Waals surface area contributed by atoms with Crippen LogP contribution in [0.4, 0.5) is 5.69 Å². The van der Waals surface area contributed by atoms with Gasteiger partial charge in [-0.1, -0.05) is 41.6 Å². The van der Waals surface area contributed by atoms with Gasteiger partial charge in [0.25, 0.3) is 5.09 Å². The van der Waals surface area contributed by atoms with Crippen LogP contribution in [0.5, 0.6) is 0 Å². The third-order valence-electron chi connectivity index (χ3n) is 3.87. The molecular weight excluding hydrogens is 338 g/mol. The van der Waals surface area contributed by atoms with Crippen LogP contribution in [-0.2, 0) is 0 Å². The van der Waals surface area contributed by atoms with Crippen LogP contribution >= 0.6 is 11.8 Å². The van der Waals surface area contributed by atoms with Gasteiger partial charge in [0.15, 0.2) is 0 Å². The first-order valence-electron chi connectivity index (χ1n) is 8.10. The van der Waals surface area contributed by atoms with E-state index < -0.39 is 5.09 Å². The molecule has 2 aromatic rings. The van der Waals surface area contributed by atoms with Crippen molar-refractivity contribution in [3.05, 3.63) is 63.7 Å². The van der Waals surface area contributed by atoms with Crippen molar-refractivity contribution < 1.29 is 10.3 Å². The second-order valence-corrected chi connectivity index (χ2v) is 6.90. The van der Waals surface area contributed by atoms with E-state index in [4.69, 9.17) is 15.3 Å². The molecule has 0 saturated carbocycles. The van der Waals surface area contributed by atoms with Crippen LogP contribution in [0.15, 0.2) is 52.3 Å². The van der Waals surface area contributed by atoms with E-state index in [9.17, 15) is 0 Å². The van der Waals surface area contributed by atoms with Gasteiger partial charge >= 0.3 is 0 Å². The maximum Gasteiger partial charge on any atom is 0.291 e. The number of rotatable bonds is 3. The van der Waals surface area contributed by atoms with Gasteiger partial charge in [-0.25, -0.2) is 0 Å². The highest BCUT2D eigenvalue weighted by atomic mass is 32.2. The molecule has 25 heavy (non-hydrogen) atoms. The van der Waals surface area contributed by atoms with Gasteiger partial charge in [-0.3, -0.25) is 0 Å². The second kappa shape index (κ2) is 9.29. The summed E-state index contributed by atoms with van der Waals surface area (Å²) in [5.41, 5.74) is 4.05. The minimum atomic E-state index is -1.50. The van der Waals surface area contributed by atoms with Gasteiger partial charge in [-0.2, -0.15) is 0 Å². The highest BCUT2D eigenvalue weighted by Crippen LogP contribution is 2.37. The van der Waals surface area contributed by atoms with Crippen molar-refractivity contribution in [3.8, 4) is 0 Å². The number of para-hydroxylation sites is 1. The van der Waals surface area contributed by atoms with Crippen LogP contribution in [0.25, 0.3) is 0 Å². The fourth-order valence-corrected chi connectivity index (χ4v) is 3.78. The van der Waals surface area contributed by atoms with Gasteiger partial charge in [0, 0.05) is 36.0 Å². The average molecular weight is 361 g/mol. The molecule has 0 atom stereocenters. The summed E-state index contributed by atoms with van der Waals surface area (Å²) < 4.78 is 0. The highest BCUT2D eigenvalue weighted by molar-refractivity contribution is 7.99. The number of anilines is 1. The van der Waals surface area contributed by atoms with E-state index in [1.807, 2.05) is 11.8 Å². The van der Waals surface area contributed by atoms with E-state index in [1.54, 1.807) is 0 Å². The Hall–Kier alpha value is -2.25. The lowest BCUT2D eigenvalue weighted by Gasteiger charge is -2.31. The quantitative estimate of drug-likeness (QED) is 0.643. The first kappa shape index (κ1) is 19.1.